The number of aromatic nitrogens is 2. The molecule has 0 atom stereocenters. The summed E-state index contributed by atoms with van der Waals surface area (Å²) >= 11 is 0. The minimum atomic E-state index is -0.0948. The van der Waals surface area contributed by atoms with Crippen molar-refractivity contribution in [1.82, 2.24) is 15.3 Å². The molecule has 0 aliphatic carbocycles. The van der Waals surface area contributed by atoms with Crippen LogP contribution in [0.15, 0.2) is 54.6 Å². The molecule has 2 aromatic carbocycles. The highest BCUT2D eigenvalue weighted by Gasteiger charge is 2.02. The monoisotopic (exact) mass is 305 g/mol. The first-order chi connectivity index (χ1) is 11.2. The van der Waals surface area contributed by atoms with Crippen LogP contribution in [0, 0.1) is 6.92 Å². The second-order valence-corrected chi connectivity index (χ2v) is 5.49. The molecule has 4 nitrogen and oxygen atoms in total. The maximum Gasteiger partial charge on any atom is 0.244 e. The lowest BCUT2D eigenvalue weighted by atomic mass is 10.1. The van der Waals surface area contributed by atoms with Crippen LogP contribution in [-0.4, -0.2) is 22.4 Å². The van der Waals surface area contributed by atoms with Gasteiger partial charge in [-0.1, -0.05) is 42.0 Å². The van der Waals surface area contributed by atoms with Crippen molar-refractivity contribution in [2.24, 2.45) is 0 Å². The first kappa shape index (κ1) is 15.0. The van der Waals surface area contributed by atoms with Crippen LogP contribution in [0.4, 0.5) is 0 Å². The Balaban J connectivity index is 1.51. The molecule has 1 aromatic heterocycles. The van der Waals surface area contributed by atoms with Crippen LogP contribution >= 0.6 is 0 Å². The Bertz CT molecular complexity index is 815. The predicted molar refractivity (Wildman–Crippen MR) is 93.0 cm³/mol. The Morgan fingerprint density at radius 3 is 2.91 bits per heavy atom. The van der Waals surface area contributed by atoms with E-state index in [-0.39, 0.29) is 5.91 Å². The molecule has 4 heteroatoms. The number of nitrogens with zero attached hydrogens (tertiary/aromatic N) is 1. The second kappa shape index (κ2) is 6.92. The van der Waals surface area contributed by atoms with Crippen molar-refractivity contribution in [3.63, 3.8) is 0 Å². The number of benzene rings is 2. The number of imidazole rings is 1. The summed E-state index contributed by atoms with van der Waals surface area (Å²) in [7, 11) is 0. The molecular formula is C19H19N3O. The van der Waals surface area contributed by atoms with E-state index in [2.05, 4.69) is 15.3 Å². The van der Waals surface area contributed by atoms with Gasteiger partial charge >= 0.3 is 0 Å². The van der Waals surface area contributed by atoms with Gasteiger partial charge in [-0.25, -0.2) is 4.98 Å². The smallest absolute Gasteiger partial charge is 0.244 e. The number of aromatic amines is 1. The Hall–Kier alpha value is -2.88. The van der Waals surface area contributed by atoms with Crippen molar-refractivity contribution in [3.8, 4) is 0 Å². The first-order valence-corrected chi connectivity index (χ1v) is 7.67. The van der Waals surface area contributed by atoms with Gasteiger partial charge in [0.15, 0.2) is 0 Å². The van der Waals surface area contributed by atoms with Crippen LogP contribution in [0.1, 0.15) is 17.0 Å². The van der Waals surface area contributed by atoms with E-state index in [1.54, 1.807) is 6.08 Å². The Kier molecular flexibility index (Phi) is 4.52. The van der Waals surface area contributed by atoms with Crippen molar-refractivity contribution < 1.29 is 4.79 Å². The molecule has 0 unspecified atom stereocenters. The number of aryl methyl sites for hydroxylation is 1. The van der Waals surface area contributed by atoms with Crippen LogP contribution in [0.25, 0.3) is 17.1 Å². The standard InChI is InChI=1S/C19H19N3O/c1-14-5-4-6-15(13-14)9-10-19(23)20-12-11-18-21-16-7-2-3-8-17(16)22-18/h2-10,13H,11-12H2,1H3,(H,20,23)(H,21,22)/b10-9+. The third-order valence-electron chi connectivity index (χ3n) is 3.57. The van der Waals surface area contributed by atoms with E-state index in [0.29, 0.717) is 13.0 Å². The maximum atomic E-state index is 11.8. The van der Waals surface area contributed by atoms with Crippen molar-refractivity contribution in [1.29, 1.82) is 0 Å². The summed E-state index contributed by atoms with van der Waals surface area (Å²) in [5.41, 5.74) is 4.18. The van der Waals surface area contributed by atoms with E-state index in [4.69, 9.17) is 0 Å². The van der Waals surface area contributed by atoms with Gasteiger partial charge in [-0.15, -0.1) is 0 Å². The van der Waals surface area contributed by atoms with Gasteiger partial charge in [0.25, 0.3) is 0 Å². The van der Waals surface area contributed by atoms with Crippen molar-refractivity contribution in [2.45, 2.75) is 13.3 Å². The van der Waals surface area contributed by atoms with E-state index in [0.717, 1.165) is 22.4 Å². The summed E-state index contributed by atoms with van der Waals surface area (Å²) in [6, 6.07) is 15.9. The van der Waals surface area contributed by atoms with Crippen LogP contribution in [-0.2, 0) is 11.2 Å². The van der Waals surface area contributed by atoms with E-state index < -0.39 is 0 Å². The maximum absolute atomic E-state index is 11.8. The minimum Gasteiger partial charge on any atom is -0.352 e. The fraction of sp³-hybridized carbons (Fsp3) is 0.158. The van der Waals surface area contributed by atoms with Crippen LogP contribution < -0.4 is 5.32 Å². The largest absolute Gasteiger partial charge is 0.352 e. The number of fused-ring (bicyclic) bond motifs is 1. The predicted octanol–water partition coefficient (Wildman–Crippen LogP) is 3.24. The molecule has 0 aliphatic heterocycles. The molecule has 0 fully saturated rings. The number of amides is 1. The first-order valence-electron chi connectivity index (χ1n) is 7.67. The summed E-state index contributed by atoms with van der Waals surface area (Å²) in [6.07, 6.45) is 4.07. The van der Waals surface area contributed by atoms with Gasteiger partial charge in [0.2, 0.25) is 5.91 Å². The average molecular weight is 305 g/mol. The van der Waals surface area contributed by atoms with Gasteiger partial charge < -0.3 is 10.3 Å². The number of H-pyrrole nitrogens is 1. The van der Waals surface area contributed by atoms with Crippen LogP contribution in [0.3, 0.4) is 0 Å². The number of rotatable bonds is 5. The molecule has 116 valence electrons. The molecular weight excluding hydrogens is 286 g/mol. The van der Waals surface area contributed by atoms with Gasteiger partial charge in [-0.05, 0) is 30.7 Å². The molecule has 0 bridgehead atoms. The van der Waals surface area contributed by atoms with Gasteiger partial charge in [0, 0.05) is 19.0 Å². The average Bonchev–Trinajstić information content (AvgIpc) is 2.96. The van der Waals surface area contributed by atoms with Gasteiger partial charge in [0.05, 0.1) is 11.0 Å². The Labute approximate surface area is 135 Å². The molecule has 1 amide bonds. The van der Waals surface area contributed by atoms with Crippen LogP contribution in [0.2, 0.25) is 0 Å². The fourth-order valence-corrected chi connectivity index (χ4v) is 2.43. The zero-order chi connectivity index (χ0) is 16.1. The van der Waals surface area contributed by atoms with E-state index in [1.165, 1.54) is 5.56 Å². The third kappa shape index (κ3) is 4.07. The molecule has 3 rings (SSSR count). The molecule has 2 N–H and O–H groups in total. The summed E-state index contributed by atoms with van der Waals surface area (Å²) in [6.45, 7) is 2.58. The Morgan fingerprint density at radius 1 is 1.22 bits per heavy atom. The summed E-state index contributed by atoms with van der Waals surface area (Å²) < 4.78 is 0. The van der Waals surface area contributed by atoms with Crippen molar-refractivity contribution in [2.75, 3.05) is 6.54 Å². The number of carbonyl (C=O) groups excluding carboxylic acids is 1. The summed E-state index contributed by atoms with van der Waals surface area (Å²) in [5.74, 6) is 0.789. The Morgan fingerprint density at radius 2 is 2.09 bits per heavy atom. The fourth-order valence-electron chi connectivity index (χ4n) is 2.43. The lowest BCUT2D eigenvalue weighted by Gasteiger charge is -2.00. The van der Waals surface area contributed by atoms with E-state index in [9.17, 15) is 4.79 Å². The highest BCUT2D eigenvalue weighted by Crippen LogP contribution is 2.10. The lowest BCUT2D eigenvalue weighted by molar-refractivity contribution is -0.116. The topological polar surface area (TPSA) is 57.8 Å². The number of nitrogens with one attached hydrogen (secondary N) is 2. The molecule has 0 saturated carbocycles. The molecule has 0 aliphatic rings. The zero-order valence-corrected chi connectivity index (χ0v) is 13.0. The minimum absolute atomic E-state index is 0.0948. The van der Waals surface area contributed by atoms with Gasteiger partial charge in [0.1, 0.15) is 5.82 Å². The highest BCUT2D eigenvalue weighted by molar-refractivity contribution is 5.91. The van der Waals surface area contributed by atoms with E-state index >= 15 is 0 Å². The number of hydrogen-bond donors (Lipinski definition) is 2. The van der Waals surface area contributed by atoms with Crippen molar-refractivity contribution >= 4 is 23.0 Å². The van der Waals surface area contributed by atoms with Gasteiger partial charge in [-0.3, -0.25) is 4.79 Å². The molecule has 0 radical (unpaired) electrons. The highest BCUT2D eigenvalue weighted by atomic mass is 16.1. The summed E-state index contributed by atoms with van der Waals surface area (Å²) in [4.78, 5) is 19.6. The second-order valence-electron chi connectivity index (χ2n) is 5.49. The quantitative estimate of drug-likeness (QED) is 0.711. The lowest BCUT2D eigenvalue weighted by Crippen LogP contribution is -2.23. The molecule has 1 heterocycles. The zero-order valence-electron chi connectivity index (χ0n) is 13.0. The van der Waals surface area contributed by atoms with Crippen LogP contribution in [0.5, 0.6) is 0 Å². The molecule has 3 aromatic rings. The normalized spacial score (nSPS) is 11.2. The molecule has 0 spiro atoms. The third-order valence-corrected chi connectivity index (χ3v) is 3.57. The molecule has 0 saturated heterocycles. The molecule has 23 heavy (non-hydrogen) atoms. The number of carbonyl (C=O) groups is 1. The van der Waals surface area contributed by atoms with Gasteiger partial charge in [-0.2, -0.15) is 0 Å². The van der Waals surface area contributed by atoms with Crippen molar-refractivity contribution in [3.05, 3.63) is 71.6 Å². The number of hydrogen-bond acceptors (Lipinski definition) is 2. The summed E-state index contributed by atoms with van der Waals surface area (Å²) in [5, 5.41) is 2.87. The number of para-hydroxylation sites is 2. The van der Waals surface area contributed by atoms with E-state index in [1.807, 2.05) is 61.5 Å². The SMILES string of the molecule is Cc1cccc(/C=C/C(=O)NCCc2nc3ccccc3[nH]2)c1.